The number of benzene rings is 3. The third-order valence-electron chi connectivity index (χ3n) is 4.21. The zero-order valence-electron chi connectivity index (χ0n) is 17.0. The number of anilines is 1. The quantitative estimate of drug-likeness (QED) is 0.297. The average molecular weight is 472 g/mol. The molecule has 2 amide bonds. The highest BCUT2D eigenvalue weighted by Gasteiger charge is 2.14. The van der Waals surface area contributed by atoms with E-state index in [4.69, 9.17) is 32.7 Å². The summed E-state index contributed by atoms with van der Waals surface area (Å²) >= 11 is 12.1. The topological polar surface area (TPSA) is 89.0 Å². The molecule has 164 valence electrons. The highest BCUT2D eigenvalue weighted by Crippen LogP contribution is 2.24. The molecule has 0 aliphatic heterocycles. The van der Waals surface area contributed by atoms with Crippen LogP contribution in [0.3, 0.4) is 0 Å². The molecule has 0 unspecified atom stereocenters. The van der Waals surface area contributed by atoms with Gasteiger partial charge in [-0.25, -0.2) is 5.43 Å². The van der Waals surface area contributed by atoms with Crippen LogP contribution in [0.15, 0.2) is 71.8 Å². The first-order valence-corrected chi connectivity index (χ1v) is 10.2. The van der Waals surface area contributed by atoms with Gasteiger partial charge in [0.2, 0.25) is 0 Å². The van der Waals surface area contributed by atoms with Crippen LogP contribution >= 0.6 is 23.2 Å². The molecular formula is C23H19Cl2N3O4. The van der Waals surface area contributed by atoms with Gasteiger partial charge in [0.05, 0.1) is 19.0 Å². The lowest BCUT2D eigenvalue weighted by Crippen LogP contribution is -2.32. The first-order chi connectivity index (χ1) is 15.5. The molecular weight excluding hydrogens is 453 g/mol. The van der Waals surface area contributed by atoms with Crippen LogP contribution in [0.5, 0.6) is 11.5 Å². The van der Waals surface area contributed by atoms with E-state index in [0.29, 0.717) is 32.8 Å². The van der Waals surface area contributed by atoms with Crippen LogP contribution in [-0.2, 0) is 16.2 Å². The number of amides is 2. The third kappa shape index (κ3) is 6.47. The summed E-state index contributed by atoms with van der Waals surface area (Å²) in [7, 11) is 1.47. The maximum atomic E-state index is 12.1. The normalized spacial score (nSPS) is 10.6. The molecule has 3 rings (SSSR count). The number of nitrogens with zero attached hydrogens (tertiary/aromatic N) is 1. The van der Waals surface area contributed by atoms with Gasteiger partial charge in [0.15, 0.2) is 0 Å². The molecule has 3 aromatic rings. The lowest BCUT2D eigenvalue weighted by Gasteiger charge is -2.09. The maximum absolute atomic E-state index is 12.1. The lowest BCUT2D eigenvalue weighted by atomic mass is 10.2. The van der Waals surface area contributed by atoms with Gasteiger partial charge in [-0.05, 0) is 42.0 Å². The predicted molar refractivity (Wildman–Crippen MR) is 125 cm³/mol. The van der Waals surface area contributed by atoms with E-state index in [1.165, 1.54) is 13.3 Å². The molecule has 0 bridgehead atoms. The summed E-state index contributed by atoms with van der Waals surface area (Å²) in [5.41, 5.74) is 4.02. The summed E-state index contributed by atoms with van der Waals surface area (Å²) < 4.78 is 10.9. The van der Waals surface area contributed by atoms with Gasteiger partial charge in [-0.2, -0.15) is 5.10 Å². The fourth-order valence-corrected chi connectivity index (χ4v) is 3.09. The van der Waals surface area contributed by atoms with Crippen molar-refractivity contribution in [3.63, 3.8) is 0 Å². The Bertz CT molecular complexity index is 1150. The van der Waals surface area contributed by atoms with Gasteiger partial charge in [-0.3, -0.25) is 9.59 Å². The Morgan fingerprint density at radius 2 is 1.81 bits per heavy atom. The highest BCUT2D eigenvalue weighted by molar-refractivity contribution is 6.39. The van der Waals surface area contributed by atoms with E-state index in [1.807, 2.05) is 0 Å². The Kier molecular flexibility index (Phi) is 8.08. The second-order valence-corrected chi connectivity index (χ2v) is 7.29. The van der Waals surface area contributed by atoms with Crippen molar-refractivity contribution in [2.24, 2.45) is 5.10 Å². The molecule has 0 aliphatic carbocycles. The minimum atomic E-state index is -0.919. The molecule has 0 radical (unpaired) electrons. The van der Waals surface area contributed by atoms with E-state index < -0.39 is 11.8 Å². The number of carbonyl (C=O) groups is 2. The van der Waals surface area contributed by atoms with Gasteiger partial charge in [0, 0.05) is 15.6 Å². The van der Waals surface area contributed by atoms with Gasteiger partial charge in [0.25, 0.3) is 0 Å². The maximum Gasteiger partial charge on any atom is 0.329 e. The molecule has 7 nitrogen and oxygen atoms in total. The summed E-state index contributed by atoms with van der Waals surface area (Å²) in [6, 6.07) is 19.0. The van der Waals surface area contributed by atoms with Crippen molar-refractivity contribution in [2.75, 3.05) is 12.4 Å². The minimum absolute atomic E-state index is 0.260. The number of ether oxygens (including phenoxy) is 2. The second kappa shape index (κ2) is 11.2. The Balaban J connectivity index is 1.54. The van der Waals surface area contributed by atoms with Crippen molar-refractivity contribution in [2.45, 2.75) is 6.61 Å². The molecule has 32 heavy (non-hydrogen) atoms. The number of hydrazone groups is 1. The number of methoxy groups -OCH3 is 1. The van der Waals surface area contributed by atoms with Crippen molar-refractivity contribution >= 4 is 46.9 Å². The molecule has 2 N–H and O–H groups in total. The minimum Gasteiger partial charge on any atom is -0.495 e. The molecule has 0 heterocycles. The molecule has 0 aromatic heterocycles. The Labute approximate surface area is 194 Å². The van der Waals surface area contributed by atoms with Crippen molar-refractivity contribution in [3.05, 3.63) is 87.9 Å². The van der Waals surface area contributed by atoms with Crippen LogP contribution in [0.2, 0.25) is 10.0 Å². The molecule has 0 saturated heterocycles. The summed E-state index contributed by atoms with van der Waals surface area (Å²) in [5, 5.41) is 7.36. The Morgan fingerprint density at radius 1 is 1.00 bits per heavy atom. The van der Waals surface area contributed by atoms with Crippen LogP contribution in [0.4, 0.5) is 5.69 Å². The van der Waals surface area contributed by atoms with Crippen LogP contribution in [0, 0.1) is 0 Å². The number of halogens is 2. The van der Waals surface area contributed by atoms with Gasteiger partial charge >= 0.3 is 11.8 Å². The number of hydrogen-bond acceptors (Lipinski definition) is 5. The van der Waals surface area contributed by atoms with Crippen LogP contribution in [-0.4, -0.2) is 25.1 Å². The fraction of sp³-hybridized carbons (Fsp3) is 0.0870. The number of rotatable bonds is 7. The highest BCUT2D eigenvalue weighted by atomic mass is 35.5. The van der Waals surface area contributed by atoms with Gasteiger partial charge in [-0.1, -0.05) is 53.5 Å². The van der Waals surface area contributed by atoms with E-state index in [0.717, 1.165) is 5.56 Å². The first-order valence-electron chi connectivity index (χ1n) is 9.40. The zero-order chi connectivity index (χ0) is 22.9. The number of para-hydroxylation sites is 2. The summed E-state index contributed by atoms with van der Waals surface area (Å²) in [6.07, 6.45) is 1.40. The van der Waals surface area contributed by atoms with E-state index in [1.54, 1.807) is 66.7 Å². The van der Waals surface area contributed by atoms with E-state index in [2.05, 4.69) is 15.8 Å². The van der Waals surface area contributed by atoms with Crippen LogP contribution < -0.4 is 20.2 Å². The van der Waals surface area contributed by atoms with Crippen molar-refractivity contribution < 1.29 is 19.1 Å². The molecule has 0 atom stereocenters. The van der Waals surface area contributed by atoms with Gasteiger partial charge < -0.3 is 14.8 Å². The Morgan fingerprint density at radius 3 is 2.59 bits per heavy atom. The number of nitrogens with one attached hydrogen (secondary N) is 2. The van der Waals surface area contributed by atoms with Crippen molar-refractivity contribution in [1.29, 1.82) is 0 Å². The molecule has 3 aromatic carbocycles. The summed E-state index contributed by atoms with van der Waals surface area (Å²) in [5.74, 6) is -0.769. The van der Waals surface area contributed by atoms with Crippen molar-refractivity contribution in [1.82, 2.24) is 5.43 Å². The van der Waals surface area contributed by atoms with Crippen LogP contribution in [0.1, 0.15) is 11.1 Å². The van der Waals surface area contributed by atoms with E-state index >= 15 is 0 Å². The smallest absolute Gasteiger partial charge is 0.329 e. The van der Waals surface area contributed by atoms with E-state index in [-0.39, 0.29) is 6.61 Å². The molecule has 9 heteroatoms. The summed E-state index contributed by atoms with van der Waals surface area (Å²) in [6.45, 7) is 0.260. The van der Waals surface area contributed by atoms with E-state index in [9.17, 15) is 9.59 Å². The third-order valence-corrected chi connectivity index (χ3v) is 4.80. The predicted octanol–water partition coefficient (Wildman–Crippen LogP) is 4.67. The van der Waals surface area contributed by atoms with Gasteiger partial charge in [-0.15, -0.1) is 0 Å². The van der Waals surface area contributed by atoms with Gasteiger partial charge in [0.1, 0.15) is 18.1 Å². The zero-order valence-corrected chi connectivity index (χ0v) is 18.5. The van der Waals surface area contributed by atoms with Crippen molar-refractivity contribution in [3.8, 4) is 11.5 Å². The first kappa shape index (κ1) is 23.1. The lowest BCUT2D eigenvalue weighted by molar-refractivity contribution is -0.136. The SMILES string of the molecule is COc1ccccc1NC(=O)C(=O)N/N=C\c1cccc(OCc2ccc(Cl)cc2Cl)c1. The monoisotopic (exact) mass is 471 g/mol. The number of carbonyl (C=O) groups excluding carboxylic acids is 2. The fourth-order valence-electron chi connectivity index (χ4n) is 2.63. The molecule has 0 saturated carbocycles. The summed E-state index contributed by atoms with van der Waals surface area (Å²) in [4.78, 5) is 24.0. The average Bonchev–Trinajstić information content (AvgIpc) is 2.79. The largest absolute Gasteiger partial charge is 0.495 e. The molecule has 0 fully saturated rings. The standard InChI is InChI=1S/C23H19Cl2N3O4/c1-31-21-8-3-2-7-20(21)27-22(29)23(30)28-26-13-15-5-4-6-18(11-15)32-14-16-9-10-17(24)12-19(16)25/h2-13H,14H2,1H3,(H,27,29)(H,28,30)/b26-13-. The number of hydrogen-bond donors (Lipinski definition) is 2. The van der Waals surface area contributed by atoms with Crippen LogP contribution in [0.25, 0.3) is 0 Å². The molecule has 0 aliphatic rings. The molecule has 0 spiro atoms. The second-order valence-electron chi connectivity index (χ2n) is 6.45. The Hall–Kier alpha value is -3.55.